The first-order valence-electron chi connectivity index (χ1n) is 8.01. The topological polar surface area (TPSA) is 15.3 Å². The molecule has 0 heterocycles. The van der Waals surface area contributed by atoms with Crippen LogP contribution in [-0.2, 0) is 0 Å². The Kier molecular flexibility index (Phi) is 7.25. The lowest BCUT2D eigenvalue weighted by molar-refractivity contribution is 0.127. The molecule has 18 heavy (non-hydrogen) atoms. The second-order valence-electron chi connectivity index (χ2n) is 6.37. The summed E-state index contributed by atoms with van der Waals surface area (Å²) < 4.78 is 0. The predicted molar refractivity (Wildman–Crippen MR) is 80.9 cm³/mol. The fraction of sp³-hybridized carbons (Fsp3) is 1.00. The first-order valence-corrected chi connectivity index (χ1v) is 8.01. The highest BCUT2D eigenvalue weighted by Crippen LogP contribution is 2.34. The van der Waals surface area contributed by atoms with Crippen LogP contribution in [0.2, 0.25) is 0 Å². The normalized spacial score (nSPS) is 29.2. The van der Waals surface area contributed by atoms with E-state index < -0.39 is 0 Å². The second kappa shape index (κ2) is 8.16. The van der Waals surface area contributed by atoms with Gasteiger partial charge in [-0.05, 0) is 63.6 Å². The van der Waals surface area contributed by atoms with E-state index in [1.165, 1.54) is 45.3 Å². The summed E-state index contributed by atoms with van der Waals surface area (Å²) in [5.74, 6) is 2.65. The summed E-state index contributed by atoms with van der Waals surface area (Å²) in [7, 11) is 2.14. The Bertz CT molecular complexity index is 215. The van der Waals surface area contributed by atoms with Crippen molar-refractivity contribution in [3.8, 4) is 0 Å². The molecule has 0 aromatic carbocycles. The van der Waals surface area contributed by atoms with Crippen molar-refractivity contribution in [3.05, 3.63) is 0 Å². The molecule has 3 atom stereocenters. The first-order chi connectivity index (χ1) is 8.62. The van der Waals surface area contributed by atoms with Gasteiger partial charge in [-0.2, -0.15) is 0 Å². The number of nitrogens with zero attached hydrogens (tertiary/aromatic N) is 1. The molecule has 0 radical (unpaired) electrons. The lowest BCUT2D eigenvalue weighted by atomic mass is 9.73. The number of hydrogen-bond acceptors (Lipinski definition) is 2. The van der Waals surface area contributed by atoms with E-state index in [1.54, 1.807) is 0 Å². The van der Waals surface area contributed by atoms with Crippen LogP contribution in [-0.4, -0.2) is 37.6 Å². The van der Waals surface area contributed by atoms with Crippen LogP contribution >= 0.6 is 0 Å². The molecule has 1 rings (SSSR count). The molecule has 0 aromatic rings. The van der Waals surface area contributed by atoms with Gasteiger partial charge in [0.1, 0.15) is 0 Å². The predicted octanol–water partition coefficient (Wildman–Crippen LogP) is 3.38. The molecule has 1 aliphatic carbocycles. The van der Waals surface area contributed by atoms with Crippen molar-refractivity contribution in [1.82, 2.24) is 10.2 Å². The summed E-state index contributed by atoms with van der Waals surface area (Å²) in [6.07, 6.45) is 5.48. The third-order valence-electron chi connectivity index (χ3n) is 4.82. The molecule has 0 amide bonds. The van der Waals surface area contributed by atoms with Crippen LogP contribution in [0.3, 0.4) is 0 Å². The summed E-state index contributed by atoms with van der Waals surface area (Å²) in [4.78, 5) is 2.64. The third kappa shape index (κ3) is 4.55. The summed E-state index contributed by atoms with van der Waals surface area (Å²) in [6.45, 7) is 13.1. The Balaban J connectivity index is 2.56. The maximum absolute atomic E-state index is 3.56. The smallest absolute Gasteiger partial charge is 0.0105 e. The lowest BCUT2D eigenvalue weighted by Gasteiger charge is -2.40. The molecule has 3 unspecified atom stereocenters. The van der Waals surface area contributed by atoms with Gasteiger partial charge in [0.15, 0.2) is 0 Å². The molecule has 0 saturated heterocycles. The summed E-state index contributed by atoms with van der Waals surface area (Å²) in [6, 6.07) is 0.742. The van der Waals surface area contributed by atoms with Crippen LogP contribution in [0.5, 0.6) is 0 Å². The highest BCUT2D eigenvalue weighted by atomic mass is 15.1. The van der Waals surface area contributed by atoms with Crippen LogP contribution in [0, 0.1) is 17.8 Å². The largest absolute Gasteiger partial charge is 0.317 e. The average molecular weight is 254 g/mol. The Hall–Kier alpha value is -0.0800. The summed E-state index contributed by atoms with van der Waals surface area (Å²) in [5.41, 5.74) is 0. The molecule has 2 nitrogen and oxygen atoms in total. The van der Waals surface area contributed by atoms with E-state index in [4.69, 9.17) is 0 Å². The Labute approximate surface area is 115 Å². The molecule has 1 fully saturated rings. The van der Waals surface area contributed by atoms with E-state index >= 15 is 0 Å². The van der Waals surface area contributed by atoms with Gasteiger partial charge >= 0.3 is 0 Å². The third-order valence-corrected chi connectivity index (χ3v) is 4.82. The molecule has 1 aliphatic rings. The molecule has 1 N–H and O–H groups in total. The molecule has 108 valence electrons. The van der Waals surface area contributed by atoms with Gasteiger partial charge in [0.25, 0.3) is 0 Å². The van der Waals surface area contributed by atoms with Crippen molar-refractivity contribution in [3.63, 3.8) is 0 Å². The van der Waals surface area contributed by atoms with Crippen LogP contribution in [0.1, 0.15) is 53.4 Å². The van der Waals surface area contributed by atoms with Crippen molar-refractivity contribution >= 4 is 0 Å². The first kappa shape index (κ1) is 16.0. The van der Waals surface area contributed by atoms with Gasteiger partial charge in [-0.1, -0.05) is 27.7 Å². The van der Waals surface area contributed by atoms with E-state index in [-0.39, 0.29) is 0 Å². The Morgan fingerprint density at radius 2 is 1.94 bits per heavy atom. The van der Waals surface area contributed by atoms with Crippen LogP contribution in [0.15, 0.2) is 0 Å². The van der Waals surface area contributed by atoms with Crippen molar-refractivity contribution < 1.29 is 0 Å². The van der Waals surface area contributed by atoms with Crippen LogP contribution in [0.4, 0.5) is 0 Å². The fourth-order valence-electron chi connectivity index (χ4n) is 3.51. The van der Waals surface area contributed by atoms with Gasteiger partial charge < -0.3 is 10.2 Å². The minimum absolute atomic E-state index is 0.742. The molecule has 1 saturated carbocycles. The van der Waals surface area contributed by atoms with E-state index in [0.29, 0.717) is 0 Å². The monoisotopic (exact) mass is 254 g/mol. The zero-order chi connectivity index (χ0) is 13.5. The molecule has 0 aromatic heterocycles. The highest BCUT2D eigenvalue weighted by Gasteiger charge is 2.31. The molecule has 0 aliphatic heterocycles. The Morgan fingerprint density at radius 3 is 2.44 bits per heavy atom. The molecular formula is C16H34N2. The van der Waals surface area contributed by atoms with E-state index in [1.807, 2.05) is 0 Å². The minimum atomic E-state index is 0.742. The van der Waals surface area contributed by atoms with Crippen molar-refractivity contribution in [2.75, 3.05) is 26.7 Å². The molecule has 2 heteroatoms. The van der Waals surface area contributed by atoms with Gasteiger partial charge in [0.05, 0.1) is 0 Å². The van der Waals surface area contributed by atoms with Crippen molar-refractivity contribution in [1.29, 1.82) is 0 Å². The van der Waals surface area contributed by atoms with Crippen molar-refractivity contribution in [2.24, 2.45) is 17.8 Å². The highest BCUT2D eigenvalue weighted by molar-refractivity contribution is 4.86. The summed E-state index contributed by atoms with van der Waals surface area (Å²) in [5, 5.41) is 3.56. The standard InChI is InChI=1S/C16H34N2/c1-6-10-18(7-2)12-15-11-14(13(3)4)8-9-16(15)17-5/h13-17H,6-12H2,1-5H3. The SMILES string of the molecule is CCCN(CC)CC1CC(C(C)C)CCC1NC. The van der Waals surface area contributed by atoms with Gasteiger partial charge in [0, 0.05) is 12.6 Å². The number of nitrogens with one attached hydrogen (secondary N) is 1. The average Bonchev–Trinajstić information content (AvgIpc) is 2.37. The van der Waals surface area contributed by atoms with Gasteiger partial charge in [0.2, 0.25) is 0 Å². The van der Waals surface area contributed by atoms with Crippen molar-refractivity contribution in [2.45, 2.75) is 59.4 Å². The maximum Gasteiger partial charge on any atom is 0.0105 e. The molecule has 0 bridgehead atoms. The second-order valence-corrected chi connectivity index (χ2v) is 6.37. The quantitative estimate of drug-likeness (QED) is 0.749. The zero-order valence-electron chi connectivity index (χ0n) is 13.2. The maximum atomic E-state index is 3.56. The number of hydrogen-bond donors (Lipinski definition) is 1. The Morgan fingerprint density at radius 1 is 1.22 bits per heavy atom. The van der Waals surface area contributed by atoms with E-state index in [2.05, 4.69) is 45.0 Å². The summed E-state index contributed by atoms with van der Waals surface area (Å²) >= 11 is 0. The minimum Gasteiger partial charge on any atom is -0.317 e. The van der Waals surface area contributed by atoms with E-state index in [9.17, 15) is 0 Å². The van der Waals surface area contributed by atoms with Gasteiger partial charge in [-0.25, -0.2) is 0 Å². The van der Waals surface area contributed by atoms with E-state index in [0.717, 1.165) is 23.8 Å². The number of rotatable bonds is 7. The van der Waals surface area contributed by atoms with Crippen LogP contribution < -0.4 is 5.32 Å². The lowest BCUT2D eigenvalue weighted by Crippen LogP contribution is -2.45. The zero-order valence-corrected chi connectivity index (χ0v) is 13.2. The van der Waals surface area contributed by atoms with Gasteiger partial charge in [-0.3, -0.25) is 0 Å². The van der Waals surface area contributed by atoms with Crippen LogP contribution in [0.25, 0.3) is 0 Å². The molecular weight excluding hydrogens is 220 g/mol. The van der Waals surface area contributed by atoms with Gasteiger partial charge in [-0.15, -0.1) is 0 Å². The fourth-order valence-corrected chi connectivity index (χ4v) is 3.51. The molecule has 0 spiro atoms.